The highest BCUT2D eigenvalue weighted by Gasteiger charge is 2.19. The van der Waals surface area contributed by atoms with Gasteiger partial charge < -0.3 is 25.2 Å². The Morgan fingerprint density at radius 2 is 1.95 bits per heavy atom. The van der Waals surface area contributed by atoms with E-state index in [1.807, 2.05) is 0 Å². The molecule has 0 unspecified atom stereocenters. The first-order valence-electron chi connectivity index (χ1n) is 6.50. The lowest BCUT2D eigenvalue weighted by Crippen LogP contribution is -2.43. The molecule has 0 radical (unpaired) electrons. The van der Waals surface area contributed by atoms with Crippen molar-refractivity contribution in [3.63, 3.8) is 0 Å². The Hall–Kier alpha value is -2.28. The van der Waals surface area contributed by atoms with Crippen LogP contribution in [0.25, 0.3) is 0 Å². The normalized spacial score (nSPS) is 11.4. The molecule has 1 rings (SSSR count). The first-order valence-corrected chi connectivity index (χ1v) is 6.50. The molecule has 0 heterocycles. The first-order chi connectivity index (χ1) is 10.0. The van der Waals surface area contributed by atoms with E-state index in [1.165, 1.54) is 14.2 Å². The molecule has 0 bridgehead atoms. The molecule has 0 fully saturated rings. The van der Waals surface area contributed by atoms with Crippen molar-refractivity contribution < 1.29 is 24.2 Å². The van der Waals surface area contributed by atoms with Crippen molar-refractivity contribution in [3.8, 4) is 11.5 Å². The number of carbonyl (C=O) groups excluding carboxylic acids is 2. The van der Waals surface area contributed by atoms with E-state index in [-0.39, 0.29) is 6.61 Å². The van der Waals surface area contributed by atoms with Crippen LogP contribution >= 0.6 is 0 Å². The second kappa shape index (κ2) is 8.11. The van der Waals surface area contributed by atoms with Gasteiger partial charge in [-0.05, 0) is 18.6 Å². The molecular weight excluding hydrogens is 276 g/mol. The van der Waals surface area contributed by atoms with Crippen molar-refractivity contribution in [2.45, 2.75) is 19.4 Å². The fraction of sp³-hybridized carbons (Fsp3) is 0.429. The molecule has 3 N–H and O–H groups in total. The number of amides is 2. The van der Waals surface area contributed by atoms with Crippen molar-refractivity contribution in [2.75, 3.05) is 26.1 Å². The number of aliphatic hydroxyl groups excluding tert-OH is 1. The zero-order chi connectivity index (χ0) is 15.8. The first kappa shape index (κ1) is 16.8. The van der Waals surface area contributed by atoms with Gasteiger partial charge in [0.05, 0.1) is 32.6 Å². The molecule has 7 heteroatoms. The van der Waals surface area contributed by atoms with Gasteiger partial charge in [-0.3, -0.25) is 9.59 Å². The highest BCUT2D eigenvalue weighted by molar-refractivity contribution is 6.39. The summed E-state index contributed by atoms with van der Waals surface area (Å²) in [4.78, 5) is 23.6. The number of benzene rings is 1. The summed E-state index contributed by atoms with van der Waals surface area (Å²) < 4.78 is 10.2. The monoisotopic (exact) mass is 296 g/mol. The fourth-order valence-corrected chi connectivity index (χ4v) is 1.62. The van der Waals surface area contributed by atoms with E-state index in [0.717, 1.165) is 0 Å². The minimum Gasteiger partial charge on any atom is -0.497 e. The van der Waals surface area contributed by atoms with Crippen LogP contribution in [0.4, 0.5) is 5.69 Å². The van der Waals surface area contributed by atoms with Crippen molar-refractivity contribution >= 4 is 17.5 Å². The molecule has 0 aliphatic heterocycles. The summed E-state index contributed by atoms with van der Waals surface area (Å²) in [6.07, 6.45) is 0.526. The molecule has 1 aromatic carbocycles. The van der Waals surface area contributed by atoms with E-state index >= 15 is 0 Å². The second-order valence-corrected chi connectivity index (χ2v) is 4.28. The van der Waals surface area contributed by atoms with E-state index in [4.69, 9.17) is 14.6 Å². The summed E-state index contributed by atoms with van der Waals surface area (Å²) in [7, 11) is 2.95. The maximum absolute atomic E-state index is 11.8. The minimum absolute atomic E-state index is 0.224. The minimum atomic E-state index is -0.839. The lowest BCUT2D eigenvalue weighted by molar-refractivity contribution is -0.136. The molecule has 1 aromatic rings. The molecule has 1 atom stereocenters. The maximum atomic E-state index is 11.8. The Labute approximate surface area is 123 Å². The molecule has 116 valence electrons. The van der Waals surface area contributed by atoms with Gasteiger partial charge in [-0.15, -0.1) is 0 Å². The van der Waals surface area contributed by atoms with Gasteiger partial charge in [0, 0.05) is 6.07 Å². The predicted molar refractivity (Wildman–Crippen MR) is 77.5 cm³/mol. The van der Waals surface area contributed by atoms with Crippen molar-refractivity contribution in [2.24, 2.45) is 0 Å². The lowest BCUT2D eigenvalue weighted by Gasteiger charge is -2.15. The van der Waals surface area contributed by atoms with Gasteiger partial charge in [-0.25, -0.2) is 0 Å². The number of aliphatic hydroxyl groups is 1. The van der Waals surface area contributed by atoms with Gasteiger partial charge >= 0.3 is 11.8 Å². The van der Waals surface area contributed by atoms with Gasteiger partial charge in [0.2, 0.25) is 0 Å². The Bertz CT molecular complexity index is 500. The molecule has 0 saturated heterocycles. The summed E-state index contributed by atoms with van der Waals surface area (Å²) >= 11 is 0. The molecule has 0 aliphatic rings. The second-order valence-electron chi connectivity index (χ2n) is 4.28. The van der Waals surface area contributed by atoms with Crippen LogP contribution in [-0.4, -0.2) is 43.8 Å². The van der Waals surface area contributed by atoms with Crippen molar-refractivity contribution in [1.82, 2.24) is 5.32 Å². The molecule has 0 aliphatic carbocycles. The van der Waals surface area contributed by atoms with E-state index in [1.54, 1.807) is 25.1 Å². The summed E-state index contributed by atoms with van der Waals surface area (Å²) in [5, 5.41) is 13.9. The number of hydrogen-bond acceptors (Lipinski definition) is 5. The molecule has 2 amide bonds. The third-order valence-electron chi connectivity index (χ3n) is 2.91. The smallest absolute Gasteiger partial charge is 0.313 e. The zero-order valence-electron chi connectivity index (χ0n) is 12.3. The number of ether oxygens (including phenoxy) is 2. The van der Waals surface area contributed by atoms with E-state index < -0.39 is 17.9 Å². The number of nitrogens with one attached hydrogen (secondary N) is 2. The van der Waals surface area contributed by atoms with Gasteiger partial charge in [0.15, 0.2) is 0 Å². The molecule has 0 spiro atoms. The SMILES string of the molecule is CC[C@@H](CO)NC(=O)C(=O)Nc1cc(OC)ccc1OC. The number of carbonyl (C=O) groups is 2. The molecule has 21 heavy (non-hydrogen) atoms. The number of hydrogen-bond donors (Lipinski definition) is 3. The molecule has 0 saturated carbocycles. The van der Waals surface area contributed by atoms with Crippen LogP contribution in [0.1, 0.15) is 13.3 Å². The van der Waals surface area contributed by atoms with Gasteiger partial charge in [0.25, 0.3) is 0 Å². The Balaban J connectivity index is 2.80. The van der Waals surface area contributed by atoms with E-state index in [2.05, 4.69) is 10.6 Å². The quantitative estimate of drug-likeness (QED) is 0.665. The van der Waals surface area contributed by atoms with Crippen LogP contribution in [0.2, 0.25) is 0 Å². The van der Waals surface area contributed by atoms with Crippen LogP contribution in [0.15, 0.2) is 18.2 Å². The van der Waals surface area contributed by atoms with E-state index in [9.17, 15) is 9.59 Å². The molecule has 7 nitrogen and oxygen atoms in total. The predicted octanol–water partition coefficient (Wildman–Crippen LogP) is 0.529. The standard InChI is InChI=1S/C14H20N2O5/c1-4-9(8-17)15-13(18)14(19)16-11-7-10(20-2)5-6-12(11)21-3/h5-7,9,17H,4,8H2,1-3H3,(H,15,18)(H,16,19)/t9-/m0/s1. The van der Waals surface area contributed by atoms with Crippen LogP contribution < -0.4 is 20.1 Å². The lowest BCUT2D eigenvalue weighted by atomic mass is 10.2. The number of anilines is 1. The van der Waals surface area contributed by atoms with Crippen LogP contribution in [0.5, 0.6) is 11.5 Å². The van der Waals surface area contributed by atoms with Crippen molar-refractivity contribution in [3.05, 3.63) is 18.2 Å². The number of rotatable bonds is 6. The topological polar surface area (TPSA) is 96.9 Å². The summed E-state index contributed by atoms with van der Waals surface area (Å²) in [6.45, 7) is 1.57. The third kappa shape index (κ3) is 4.64. The van der Waals surface area contributed by atoms with E-state index in [0.29, 0.717) is 23.6 Å². The largest absolute Gasteiger partial charge is 0.497 e. The summed E-state index contributed by atoms with van der Waals surface area (Å²) in [5.74, 6) is -0.728. The Morgan fingerprint density at radius 3 is 2.48 bits per heavy atom. The molecule has 0 aromatic heterocycles. The average Bonchev–Trinajstić information content (AvgIpc) is 2.51. The van der Waals surface area contributed by atoms with Gasteiger partial charge in [-0.1, -0.05) is 6.92 Å². The Morgan fingerprint density at radius 1 is 1.24 bits per heavy atom. The van der Waals surface area contributed by atoms with Crippen molar-refractivity contribution in [1.29, 1.82) is 0 Å². The fourth-order valence-electron chi connectivity index (χ4n) is 1.62. The highest BCUT2D eigenvalue weighted by atomic mass is 16.5. The Kier molecular flexibility index (Phi) is 6.48. The zero-order valence-corrected chi connectivity index (χ0v) is 12.3. The third-order valence-corrected chi connectivity index (χ3v) is 2.91. The van der Waals surface area contributed by atoms with Gasteiger partial charge in [-0.2, -0.15) is 0 Å². The van der Waals surface area contributed by atoms with Crippen LogP contribution in [-0.2, 0) is 9.59 Å². The summed E-state index contributed by atoms with van der Waals surface area (Å²) in [6, 6.07) is 4.39. The number of methoxy groups -OCH3 is 2. The highest BCUT2D eigenvalue weighted by Crippen LogP contribution is 2.28. The van der Waals surface area contributed by atoms with Crippen LogP contribution in [0.3, 0.4) is 0 Å². The molecular formula is C14H20N2O5. The van der Waals surface area contributed by atoms with Crippen LogP contribution in [0, 0.1) is 0 Å². The maximum Gasteiger partial charge on any atom is 0.313 e. The average molecular weight is 296 g/mol. The summed E-state index contributed by atoms with van der Waals surface area (Å²) in [5.41, 5.74) is 0.328. The van der Waals surface area contributed by atoms with Gasteiger partial charge in [0.1, 0.15) is 11.5 Å².